The first-order valence-corrected chi connectivity index (χ1v) is 21.6. The summed E-state index contributed by atoms with van der Waals surface area (Å²) in [4.78, 5) is 12.8. The molecule has 0 amide bonds. The Balaban J connectivity index is 1.10. The average molecular weight is 653 g/mol. The van der Waals surface area contributed by atoms with Gasteiger partial charge in [0, 0.05) is 12.8 Å². The zero-order valence-corrected chi connectivity index (χ0v) is 32.5. The number of rotatable bonds is 22. The molecule has 3 saturated carbocycles. The van der Waals surface area contributed by atoms with Crippen molar-refractivity contribution in [1.29, 1.82) is 0 Å². The highest BCUT2D eigenvalue weighted by Crippen LogP contribution is 2.67. The van der Waals surface area contributed by atoms with E-state index in [4.69, 9.17) is 4.74 Å². The third kappa shape index (κ3) is 10.8. The maximum atomic E-state index is 12.8. The van der Waals surface area contributed by atoms with Gasteiger partial charge in [-0.3, -0.25) is 4.79 Å². The van der Waals surface area contributed by atoms with E-state index >= 15 is 0 Å². The lowest BCUT2D eigenvalue weighted by Crippen LogP contribution is -2.51. The summed E-state index contributed by atoms with van der Waals surface area (Å²) in [7, 11) is 0. The molecule has 0 heterocycles. The lowest BCUT2D eigenvalue weighted by molar-refractivity contribution is -0.151. The minimum atomic E-state index is 0.0653. The molecule has 272 valence electrons. The van der Waals surface area contributed by atoms with Crippen LogP contribution in [0.4, 0.5) is 0 Å². The molecule has 1 unspecified atom stereocenters. The van der Waals surface area contributed by atoms with Crippen molar-refractivity contribution in [3.63, 3.8) is 0 Å². The van der Waals surface area contributed by atoms with Crippen LogP contribution in [0.3, 0.4) is 0 Å². The van der Waals surface area contributed by atoms with Crippen molar-refractivity contribution >= 4 is 5.97 Å². The minimum absolute atomic E-state index is 0.0653. The summed E-state index contributed by atoms with van der Waals surface area (Å²) < 4.78 is 6.13. The number of hydrogen-bond acceptors (Lipinski definition) is 2. The van der Waals surface area contributed by atoms with Gasteiger partial charge in [-0.1, -0.05) is 162 Å². The number of esters is 1. The van der Waals surface area contributed by atoms with E-state index in [9.17, 15) is 4.79 Å². The second-order valence-corrected chi connectivity index (χ2v) is 18.3. The fraction of sp³-hybridized carbons (Fsp3) is 0.933. The minimum Gasteiger partial charge on any atom is -0.462 e. The van der Waals surface area contributed by atoms with Gasteiger partial charge in [-0.15, -0.1) is 0 Å². The van der Waals surface area contributed by atoms with Crippen LogP contribution in [0.1, 0.15) is 215 Å². The molecule has 0 aromatic carbocycles. The van der Waals surface area contributed by atoms with Crippen LogP contribution in [0.25, 0.3) is 0 Å². The predicted molar refractivity (Wildman–Crippen MR) is 202 cm³/mol. The van der Waals surface area contributed by atoms with Gasteiger partial charge in [0.05, 0.1) is 0 Å². The molecule has 0 aliphatic heterocycles. The number of carbonyl (C=O) groups excluding carboxylic acids is 1. The molecular formula is C45H80O2. The van der Waals surface area contributed by atoms with Crippen LogP contribution < -0.4 is 0 Å². The molecule has 0 bridgehead atoms. The molecule has 0 radical (unpaired) electrons. The molecule has 47 heavy (non-hydrogen) atoms. The van der Waals surface area contributed by atoms with E-state index in [0.29, 0.717) is 17.3 Å². The second kappa shape index (κ2) is 19.6. The van der Waals surface area contributed by atoms with Gasteiger partial charge in [-0.05, 0) is 97.7 Å². The summed E-state index contributed by atoms with van der Waals surface area (Å²) in [6.07, 6.45) is 38.4. The van der Waals surface area contributed by atoms with Crippen LogP contribution in [-0.4, -0.2) is 12.1 Å². The van der Waals surface area contributed by atoms with Gasteiger partial charge in [0.2, 0.25) is 0 Å². The first kappa shape index (κ1) is 39.0. The number of ether oxygens (including phenoxy) is 1. The van der Waals surface area contributed by atoms with E-state index in [1.165, 1.54) is 148 Å². The third-order valence-electron chi connectivity index (χ3n) is 14.5. The smallest absolute Gasteiger partial charge is 0.306 e. The van der Waals surface area contributed by atoms with Crippen LogP contribution in [0.5, 0.6) is 0 Å². The highest BCUT2D eigenvalue weighted by Gasteiger charge is 2.59. The number of carbonyl (C=O) groups is 1. The summed E-state index contributed by atoms with van der Waals surface area (Å²) in [5.74, 6) is 5.34. The summed E-state index contributed by atoms with van der Waals surface area (Å²) in [6, 6.07) is 0. The van der Waals surface area contributed by atoms with Crippen molar-refractivity contribution in [2.24, 2.45) is 46.3 Å². The SMILES string of the molecule is CCCCCCCCCCCCCCCCCC(=O)O[C@H]1CC[C@@]2(C)C(=CCC3[C@@H]4CC[C@H]([C@H](C)CCCC(C)C)[C@@]4(C)CC[C@@H]32)C1. The lowest BCUT2D eigenvalue weighted by Gasteiger charge is -2.58. The van der Waals surface area contributed by atoms with Crippen LogP contribution in [0, 0.1) is 46.3 Å². The molecule has 2 heteroatoms. The Morgan fingerprint density at radius 1 is 0.745 bits per heavy atom. The Bertz CT molecular complexity index is 934. The molecule has 2 nitrogen and oxygen atoms in total. The fourth-order valence-electron chi connectivity index (χ4n) is 11.6. The Kier molecular flexibility index (Phi) is 16.2. The monoisotopic (exact) mass is 653 g/mol. The molecule has 4 aliphatic rings. The number of unbranched alkanes of at least 4 members (excludes halogenated alkanes) is 14. The Hall–Kier alpha value is -0.790. The van der Waals surface area contributed by atoms with Crippen molar-refractivity contribution in [2.45, 2.75) is 221 Å². The summed E-state index contributed by atoms with van der Waals surface area (Å²) in [5.41, 5.74) is 2.54. The topological polar surface area (TPSA) is 26.3 Å². The molecular weight excluding hydrogens is 572 g/mol. The predicted octanol–water partition coefficient (Wildman–Crippen LogP) is 14.2. The van der Waals surface area contributed by atoms with Gasteiger partial charge in [0.15, 0.2) is 0 Å². The Labute approximate surface area is 293 Å². The van der Waals surface area contributed by atoms with Gasteiger partial charge in [-0.2, -0.15) is 0 Å². The quantitative estimate of drug-likeness (QED) is 0.0661. The molecule has 4 aliphatic carbocycles. The molecule has 0 saturated heterocycles. The zero-order valence-electron chi connectivity index (χ0n) is 32.5. The molecule has 8 atom stereocenters. The largest absolute Gasteiger partial charge is 0.462 e. The highest BCUT2D eigenvalue weighted by atomic mass is 16.5. The normalized spacial score (nSPS) is 32.4. The van der Waals surface area contributed by atoms with E-state index in [1.54, 1.807) is 5.57 Å². The second-order valence-electron chi connectivity index (χ2n) is 18.3. The average Bonchev–Trinajstić information content (AvgIpc) is 3.40. The fourth-order valence-corrected chi connectivity index (χ4v) is 11.6. The molecule has 0 aromatic heterocycles. The lowest BCUT2D eigenvalue weighted by atomic mass is 9.47. The van der Waals surface area contributed by atoms with Crippen molar-refractivity contribution in [3.05, 3.63) is 11.6 Å². The zero-order chi connectivity index (χ0) is 33.7. The van der Waals surface area contributed by atoms with E-state index < -0.39 is 0 Å². The van der Waals surface area contributed by atoms with E-state index in [-0.39, 0.29) is 12.1 Å². The van der Waals surface area contributed by atoms with Gasteiger partial charge < -0.3 is 4.74 Å². The van der Waals surface area contributed by atoms with Crippen LogP contribution in [0.15, 0.2) is 11.6 Å². The van der Waals surface area contributed by atoms with E-state index in [2.05, 4.69) is 47.6 Å². The molecule has 0 N–H and O–H groups in total. The summed E-state index contributed by atoms with van der Waals surface area (Å²) in [5, 5.41) is 0. The van der Waals surface area contributed by atoms with Crippen LogP contribution in [0.2, 0.25) is 0 Å². The van der Waals surface area contributed by atoms with Crippen molar-refractivity contribution in [3.8, 4) is 0 Å². The van der Waals surface area contributed by atoms with Gasteiger partial charge >= 0.3 is 5.97 Å². The highest BCUT2D eigenvalue weighted by molar-refractivity contribution is 5.69. The third-order valence-corrected chi connectivity index (χ3v) is 14.5. The van der Waals surface area contributed by atoms with Gasteiger partial charge in [-0.25, -0.2) is 0 Å². The van der Waals surface area contributed by atoms with Crippen molar-refractivity contribution in [2.75, 3.05) is 0 Å². The van der Waals surface area contributed by atoms with Crippen molar-refractivity contribution in [1.82, 2.24) is 0 Å². The molecule has 0 spiro atoms. The van der Waals surface area contributed by atoms with Gasteiger partial charge in [0.1, 0.15) is 6.10 Å². The standard InChI is InChI=1S/C45H80O2/c1-7-8-9-10-11-12-13-14-15-16-17-18-19-20-21-25-43(46)47-38-30-32-44(5)37(34-38)26-27-39-41-29-28-40(36(4)24-22-23-35(2)3)45(41,6)33-31-42(39)44/h26,35-36,38-42H,7-25,27-34H2,1-6H3/t36-,38+,39?,40-,41+,42+,44+,45-/m1/s1. The van der Waals surface area contributed by atoms with E-state index in [1.807, 2.05) is 0 Å². The molecule has 4 rings (SSSR count). The van der Waals surface area contributed by atoms with Crippen LogP contribution in [-0.2, 0) is 9.53 Å². The first-order valence-electron chi connectivity index (χ1n) is 21.6. The number of allylic oxidation sites excluding steroid dienone is 1. The maximum Gasteiger partial charge on any atom is 0.306 e. The first-order chi connectivity index (χ1) is 22.7. The number of fused-ring (bicyclic) bond motifs is 5. The number of hydrogen-bond donors (Lipinski definition) is 0. The molecule has 0 aromatic rings. The summed E-state index contributed by atoms with van der Waals surface area (Å²) in [6.45, 7) is 15.0. The van der Waals surface area contributed by atoms with Crippen molar-refractivity contribution < 1.29 is 9.53 Å². The van der Waals surface area contributed by atoms with Gasteiger partial charge in [0.25, 0.3) is 0 Å². The Morgan fingerprint density at radius 3 is 1.98 bits per heavy atom. The van der Waals surface area contributed by atoms with Crippen LogP contribution >= 0.6 is 0 Å². The maximum absolute atomic E-state index is 12.8. The summed E-state index contributed by atoms with van der Waals surface area (Å²) >= 11 is 0. The molecule has 3 fully saturated rings. The van der Waals surface area contributed by atoms with E-state index in [0.717, 1.165) is 54.8 Å². The Morgan fingerprint density at radius 2 is 1.36 bits per heavy atom.